The van der Waals surface area contributed by atoms with Crippen LogP contribution in [0.2, 0.25) is 0 Å². The van der Waals surface area contributed by atoms with Crippen LogP contribution in [0, 0.1) is 5.92 Å². The molecule has 1 aliphatic rings. The Labute approximate surface area is 134 Å². The number of carbonyl (C=O) groups excluding carboxylic acids is 3. The van der Waals surface area contributed by atoms with Crippen LogP contribution in [-0.2, 0) is 14.3 Å². The second-order valence-corrected chi connectivity index (χ2v) is 5.84. The number of nitrogens with one attached hydrogen (secondary N) is 2. The maximum absolute atomic E-state index is 11.8. The van der Waals surface area contributed by atoms with Gasteiger partial charge in [-0.1, -0.05) is 0 Å². The second-order valence-electron chi connectivity index (χ2n) is 5.84. The lowest BCUT2D eigenvalue weighted by molar-refractivity contribution is -0.136. The molecule has 0 radical (unpaired) electrons. The monoisotopic (exact) mass is 320 g/mol. The Hall–Kier alpha value is -2.41. The molecule has 1 aliphatic carbocycles. The molecule has 7 heteroatoms. The molecule has 1 saturated carbocycles. The molecular weight excluding hydrogens is 300 g/mol. The zero-order chi connectivity index (χ0) is 17.0. The van der Waals surface area contributed by atoms with Gasteiger partial charge in [0, 0.05) is 12.2 Å². The number of methoxy groups -OCH3 is 1. The van der Waals surface area contributed by atoms with Gasteiger partial charge in [0.05, 0.1) is 18.3 Å². The van der Waals surface area contributed by atoms with E-state index in [1.54, 1.807) is 6.92 Å². The van der Waals surface area contributed by atoms with Crippen molar-refractivity contribution in [3.8, 4) is 0 Å². The first-order valence-electron chi connectivity index (χ1n) is 7.33. The number of rotatable bonds is 5. The molecule has 2 rings (SSSR count). The molecular formula is C16H20N2O5. The van der Waals surface area contributed by atoms with Gasteiger partial charge < -0.3 is 20.5 Å². The van der Waals surface area contributed by atoms with Crippen molar-refractivity contribution in [3.05, 3.63) is 29.8 Å². The summed E-state index contributed by atoms with van der Waals surface area (Å²) in [6.45, 7) is 1.68. The molecule has 124 valence electrons. The van der Waals surface area contributed by atoms with Gasteiger partial charge in [-0.25, -0.2) is 4.79 Å². The van der Waals surface area contributed by atoms with Crippen LogP contribution in [0.4, 0.5) is 5.69 Å². The number of anilines is 1. The van der Waals surface area contributed by atoms with Gasteiger partial charge in [0.25, 0.3) is 0 Å². The number of hydrogen-bond donors (Lipinski definition) is 3. The predicted octanol–water partition coefficient (Wildman–Crippen LogP) is 0.689. The summed E-state index contributed by atoms with van der Waals surface area (Å²) < 4.78 is 4.57. The fourth-order valence-electron chi connectivity index (χ4n) is 2.18. The van der Waals surface area contributed by atoms with E-state index in [9.17, 15) is 19.5 Å². The highest BCUT2D eigenvalue weighted by Gasteiger charge is 2.40. The molecule has 3 N–H and O–H groups in total. The Morgan fingerprint density at radius 2 is 1.83 bits per heavy atom. The lowest BCUT2D eigenvalue weighted by atomic mass is 10.0. The molecule has 0 aromatic heterocycles. The molecule has 7 nitrogen and oxygen atoms in total. The van der Waals surface area contributed by atoms with Crippen molar-refractivity contribution >= 4 is 23.5 Å². The van der Waals surface area contributed by atoms with E-state index in [2.05, 4.69) is 15.4 Å². The summed E-state index contributed by atoms with van der Waals surface area (Å²) in [5.41, 5.74) is -0.264. The van der Waals surface area contributed by atoms with E-state index in [0.29, 0.717) is 11.3 Å². The van der Waals surface area contributed by atoms with Crippen molar-refractivity contribution in [2.75, 3.05) is 19.0 Å². The Balaban J connectivity index is 1.85. The normalized spacial score (nSPS) is 16.1. The highest BCUT2D eigenvalue weighted by atomic mass is 16.5. The van der Waals surface area contributed by atoms with Crippen LogP contribution in [-0.4, -0.2) is 42.1 Å². The van der Waals surface area contributed by atoms with Gasteiger partial charge in [0.2, 0.25) is 0 Å². The lowest BCUT2D eigenvalue weighted by Gasteiger charge is -2.22. The minimum atomic E-state index is -0.988. The van der Waals surface area contributed by atoms with E-state index in [0.717, 1.165) is 12.8 Å². The Kier molecular flexibility index (Phi) is 5.00. The summed E-state index contributed by atoms with van der Waals surface area (Å²) in [7, 11) is 1.28. The van der Waals surface area contributed by atoms with Gasteiger partial charge in [-0.15, -0.1) is 0 Å². The minimum absolute atomic E-state index is 0.0329. The Morgan fingerprint density at radius 3 is 2.35 bits per heavy atom. The first kappa shape index (κ1) is 17.0. The smallest absolute Gasteiger partial charge is 0.337 e. The summed E-state index contributed by atoms with van der Waals surface area (Å²) in [4.78, 5) is 34.8. The molecule has 1 aromatic carbocycles. The summed E-state index contributed by atoms with van der Waals surface area (Å²) in [5, 5.41) is 14.9. The van der Waals surface area contributed by atoms with Gasteiger partial charge >= 0.3 is 17.8 Å². The van der Waals surface area contributed by atoms with E-state index >= 15 is 0 Å². The molecule has 2 amide bonds. The SMILES string of the molecule is COC(=O)c1ccc(NC(=O)C(=O)NC[C@](C)(O)C2CC2)cc1. The topological polar surface area (TPSA) is 105 Å². The molecule has 23 heavy (non-hydrogen) atoms. The summed E-state index contributed by atoms with van der Waals surface area (Å²) in [5.74, 6) is -1.95. The van der Waals surface area contributed by atoms with Gasteiger partial charge in [-0.2, -0.15) is 0 Å². The van der Waals surface area contributed by atoms with E-state index in [4.69, 9.17) is 0 Å². The largest absolute Gasteiger partial charge is 0.465 e. The van der Waals surface area contributed by atoms with Crippen molar-refractivity contribution in [2.24, 2.45) is 5.92 Å². The van der Waals surface area contributed by atoms with Gasteiger partial charge in [0.15, 0.2) is 0 Å². The fraction of sp³-hybridized carbons (Fsp3) is 0.438. The van der Waals surface area contributed by atoms with Crippen molar-refractivity contribution in [1.29, 1.82) is 0 Å². The molecule has 1 atom stereocenters. The quantitative estimate of drug-likeness (QED) is 0.547. The second kappa shape index (κ2) is 6.78. The number of aliphatic hydroxyl groups is 1. The maximum Gasteiger partial charge on any atom is 0.337 e. The first-order chi connectivity index (χ1) is 10.8. The van der Waals surface area contributed by atoms with Crippen LogP contribution >= 0.6 is 0 Å². The molecule has 0 aliphatic heterocycles. The summed E-state index contributed by atoms with van der Waals surface area (Å²) >= 11 is 0. The standard InChI is InChI=1S/C16H20N2O5/c1-16(22,11-5-6-11)9-17-13(19)14(20)18-12-7-3-10(4-8-12)15(21)23-2/h3-4,7-8,11,22H,5-6,9H2,1-2H3,(H,17,19)(H,18,20)/t16-/m0/s1. The summed E-state index contributed by atoms with van der Waals surface area (Å²) in [6, 6.07) is 5.96. The van der Waals surface area contributed by atoms with Crippen molar-refractivity contribution in [2.45, 2.75) is 25.4 Å². The third kappa shape index (κ3) is 4.53. The number of benzene rings is 1. The number of carbonyl (C=O) groups is 3. The van der Waals surface area contributed by atoms with Crippen LogP contribution < -0.4 is 10.6 Å². The zero-order valence-electron chi connectivity index (χ0n) is 13.1. The molecule has 1 aromatic rings. The maximum atomic E-state index is 11.8. The number of esters is 1. The summed E-state index contributed by atoms with van der Waals surface area (Å²) in [6.07, 6.45) is 1.86. The molecule has 0 unspecified atom stereocenters. The number of ether oxygens (including phenoxy) is 1. The van der Waals surface area contributed by atoms with Crippen molar-refractivity contribution in [1.82, 2.24) is 5.32 Å². The van der Waals surface area contributed by atoms with Crippen LogP contribution in [0.25, 0.3) is 0 Å². The van der Waals surface area contributed by atoms with E-state index in [1.807, 2.05) is 0 Å². The minimum Gasteiger partial charge on any atom is -0.465 e. The third-order valence-corrected chi connectivity index (χ3v) is 3.83. The van der Waals surface area contributed by atoms with Gasteiger partial charge in [0.1, 0.15) is 0 Å². The average molecular weight is 320 g/mol. The molecule has 0 saturated heterocycles. The fourth-order valence-corrected chi connectivity index (χ4v) is 2.18. The van der Waals surface area contributed by atoms with Crippen LogP contribution in [0.1, 0.15) is 30.1 Å². The van der Waals surface area contributed by atoms with E-state index < -0.39 is 23.4 Å². The van der Waals surface area contributed by atoms with Gasteiger partial charge in [-0.3, -0.25) is 9.59 Å². The lowest BCUT2D eigenvalue weighted by Crippen LogP contribution is -2.45. The molecule has 0 heterocycles. The number of amides is 2. The molecule has 0 bridgehead atoms. The Morgan fingerprint density at radius 1 is 1.22 bits per heavy atom. The van der Waals surface area contributed by atoms with Crippen molar-refractivity contribution < 1.29 is 24.2 Å². The molecule has 1 fully saturated rings. The van der Waals surface area contributed by atoms with E-state index in [1.165, 1.54) is 31.4 Å². The highest BCUT2D eigenvalue weighted by molar-refractivity contribution is 6.39. The predicted molar refractivity (Wildman–Crippen MR) is 82.8 cm³/mol. The van der Waals surface area contributed by atoms with E-state index in [-0.39, 0.29) is 12.5 Å². The van der Waals surface area contributed by atoms with Gasteiger partial charge in [-0.05, 0) is 49.9 Å². The first-order valence-corrected chi connectivity index (χ1v) is 7.33. The van der Waals surface area contributed by atoms with Crippen LogP contribution in [0.5, 0.6) is 0 Å². The van der Waals surface area contributed by atoms with Crippen LogP contribution in [0.15, 0.2) is 24.3 Å². The molecule has 0 spiro atoms. The van der Waals surface area contributed by atoms with Crippen LogP contribution in [0.3, 0.4) is 0 Å². The highest BCUT2D eigenvalue weighted by Crippen LogP contribution is 2.38. The third-order valence-electron chi connectivity index (χ3n) is 3.83. The van der Waals surface area contributed by atoms with Crippen molar-refractivity contribution in [3.63, 3.8) is 0 Å². The zero-order valence-corrected chi connectivity index (χ0v) is 13.1. The Bertz CT molecular complexity index is 605. The average Bonchev–Trinajstić information content (AvgIpc) is 3.38. The number of hydrogen-bond acceptors (Lipinski definition) is 5.